The van der Waals surface area contributed by atoms with Crippen LogP contribution >= 0.6 is 39.3 Å². The van der Waals surface area contributed by atoms with Crippen molar-refractivity contribution in [2.75, 3.05) is 5.75 Å². The zero-order chi connectivity index (χ0) is 17.3. The number of rotatable bonds is 4. The summed E-state index contributed by atoms with van der Waals surface area (Å²) < 4.78 is 1.97. The third kappa shape index (κ3) is 3.85. The Morgan fingerprint density at radius 2 is 2.29 bits per heavy atom. The third-order valence-electron chi connectivity index (χ3n) is 4.05. The molecule has 0 unspecified atom stereocenters. The summed E-state index contributed by atoms with van der Waals surface area (Å²) in [6.45, 7) is -0.0424. The van der Waals surface area contributed by atoms with Crippen LogP contribution in [0.2, 0.25) is 5.02 Å². The Kier molecular flexibility index (Phi) is 5.64. The normalized spacial score (nSPS) is 21.1. The van der Waals surface area contributed by atoms with Crippen LogP contribution in [0.5, 0.6) is 0 Å². The van der Waals surface area contributed by atoms with E-state index in [0.29, 0.717) is 20.4 Å². The van der Waals surface area contributed by atoms with Crippen LogP contribution < -0.4 is 5.56 Å². The van der Waals surface area contributed by atoms with Crippen molar-refractivity contribution < 1.29 is 9.90 Å². The molecule has 0 amide bonds. The number of nitrogens with zero attached hydrogens (tertiary/aromatic N) is 2. The molecule has 5 nitrogen and oxygen atoms in total. The number of fused-ring (bicyclic) bond motifs is 1. The summed E-state index contributed by atoms with van der Waals surface area (Å²) in [7, 11) is 0. The number of aliphatic hydroxyl groups is 1. The van der Waals surface area contributed by atoms with Crippen molar-refractivity contribution in [1.29, 1.82) is 0 Å². The number of hydrogen-bond donors (Lipinski definition) is 1. The molecular formula is C16H16BrClN2O3S. The molecule has 1 saturated heterocycles. The number of carbonyl (C=O) groups excluding carboxylic acids is 1. The summed E-state index contributed by atoms with van der Waals surface area (Å²) in [4.78, 5) is 29.0. The average molecular weight is 432 g/mol. The van der Waals surface area contributed by atoms with Crippen LogP contribution in [0.25, 0.3) is 10.9 Å². The van der Waals surface area contributed by atoms with Crippen molar-refractivity contribution in [3.8, 4) is 0 Å². The Labute approximate surface area is 156 Å². The molecule has 0 bridgehead atoms. The summed E-state index contributed by atoms with van der Waals surface area (Å²) in [5.41, 5.74) is 0.234. The highest BCUT2D eigenvalue weighted by atomic mass is 79.9. The first kappa shape index (κ1) is 17.9. The lowest BCUT2D eigenvalue weighted by molar-refractivity contribution is -0.120. The predicted octanol–water partition coefficient (Wildman–Crippen LogP) is 3.03. The minimum absolute atomic E-state index is 0.0424. The van der Waals surface area contributed by atoms with Crippen LogP contribution in [-0.4, -0.2) is 37.5 Å². The van der Waals surface area contributed by atoms with E-state index in [1.807, 2.05) is 0 Å². The Morgan fingerprint density at radius 1 is 1.50 bits per heavy atom. The predicted molar refractivity (Wildman–Crippen MR) is 99.8 cm³/mol. The fraction of sp³-hybridized carbons (Fsp3) is 0.438. The molecule has 1 aliphatic rings. The van der Waals surface area contributed by atoms with E-state index in [9.17, 15) is 14.7 Å². The maximum atomic E-state index is 12.5. The van der Waals surface area contributed by atoms with Gasteiger partial charge in [0.2, 0.25) is 0 Å². The molecule has 1 aromatic heterocycles. The van der Waals surface area contributed by atoms with Gasteiger partial charge in [-0.15, -0.1) is 0 Å². The van der Waals surface area contributed by atoms with Crippen LogP contribution in [0.1, 0.15) is 19.3 Å². The number of aliphatic hydroxyl groups excluding tert-OH is 1. The van der Waals surface area contributed by atoms with Gasteiger partial charge in [-0.25, -0.2) is 4.98 Å². The molecule has 2 aromatic rings. The van der Waals surface area contributed by atoms with E-state index in [0.717, 1.165) is 18.6 Å². The van der Waals surface area contributed by atoms with Gasteiger partial charge in [-0.3, -0.25) is 14.2 Å². The summed E-state index contributed by atoms with van der Waals surface area (Å²) in [6.07, 6.45) is 2.90. The van der Waals surface area contributed by atoms with Crippen LogP contribution in [0, 0.1) is 0 Å². The van der Waals surface area contributed by atoms with Crippen molar-refractivity contribution in [2.24, 2.45) is 0 Å². The first-order valence-corrected chi connectivity index (χ1v) is 9.83. The molecule has 128 valence electrons. The Bertz CT molecular complexity index is 842. The molecule has 0 aliphatic carbocycles. The van der Waals surface area contributed by atoms with Gasteiger partial charge in [-0.1, -0.05) is 11.6 Å². The summed E-state index contributed by atoms with van der Waals surface area (Å²) >= 11 is 11.0. The smallest absolute Gasteiger partial charge is 0.261 e. The molecule has 24 heavy (non-hydrogen) atoms. The largest absolute Gasteiger partial charge is 0.392 e. The molecule has 0 spiro atoms. The standard InChI is InChI=1S/C16H16BrClN2O3S/c17-11-6-13-10(5-12(11)18)16(23)20(8-19-13)7-9(21)4-15-14(22)2-1-3-24-15/h5-6,8,14-15,22H,1-4,7H2/t14-,15+/m0/s1. The fourth-order valence-corrected chi connectivity index (χ4v) is 4.56. The Morgan fingerprint density at radius 3 is 3.04 bits per heavy atom. The van der Waals surface area contributed by atoms with Gasteiger partial charge in [-0.05, 0) is 46.7 Å². The highest BCUT2D eigenvalue weighted by molar-refractivity contribution is 9.10. The van der Waals surface area contributed by atoms with Gasteiger partial charge in [-0.2, -0.15) is 11.8 Å². The lowest BCUT2D eigenvalue weighted by Gasteiger charge is -2.26. The van der Waals surface area contributed by atoms with E-state index in [1.54, 1.807) is 23.9 Å². The van der Waals surface area contributed by atoms with Crippen molar-refractivity contribution >= 4 is 56.0 Å². The topological polar surface area (TPSA) is 72.2 Å². The Hall–Kier alpha value is -0.890. The molecule has 1 fully saturated rings. The zero-order valence-corrected chi connectivity index (χ0v) is 15.9. The van der Waals surface area contributed by atoms with E-state index < -0.39 is 6.10 Å². The highest BCUT2D eigenvalue weighted by Gasteiger charge is 2.26. The summed E-state index contributed by atoms with van der Waals surface area (Å²) in [5, 5.41) is 10.7. The van der Waals surface area contributed by atoms with Gasteiger partial charge >= 0.3 is 0 Å². The quantitative estimate of drug-likeness (QED) is 0.805. The molecule has 1 aliphatic heterocycles. The lowest BCUT2D eigenvalue weighted by atomic mass is 10.1. The second kappa shape index (κ2) is 7.56. The number of thioether (sulfide) groups is 1. The van der Waals surface area contributed by atoms with Gasteiger partial charge in [0, 0.05) is 16.1 Å². The second-order valence-electron chi connectivity index (χ2n) is 5.82. The minimum atomic E-state index is -0.449. The van der Waals surface area contributed by atoms with Crippen molar-refractivity contribution in [2.45, 2.75) is 37.2 Å². The van der Waals surface area contributed by atoms with Crippen molar-refractivity contribution in [3.05, 3.63) is 38.3 Å². The van der Waals surface area contributed by atoms with Crippen LogP contribution in [0.4, 0.5) is 0 Å². The van der Waals surface area contributed by atoms with Gasteiger partial charge in [0.05, 0.1) is 34.9 Å². The number of halogens is 2. The maximum absolute atomic E-state index is 12.5. The molecule has 2 heterocycles. The second-order valence-corrected chi connectivity index (χ2v) is 8.43. The minimum Gasteiger partial charge on any atom is -0.392 e. The number of ketones is 1. The van der Waals surface area contributed by atoms with E-state index in [1.165, 1.54) is 10.9 Å². The molecule has 0 radical (unpaired) electrons. The number of benzene rings is 1. The van der Waals surface area contributed by atoms with Crippen molar-refractivity contribution in [3.63, 3.8) is 0 Å². The van der Waals surface area contributed by atoms with E-state index in [4.69, 9.17) is 11.6 Å². The number of carbonyl (C=O) groups is 1. The molecule has 2 atom stereocenters. The maximum Gasteiger partial charge on any atom is 0.261 e. The monoisotopic (exact) mass is 430 g/mol. The lowest BCUT2D eigenvalue weighted by Crippen LogP contribution is -2.32. The molecule has 0 saturated carbocycles. The fourth-order valence-electron chi connectivity index (χ4n) is 2.76. The van der Waals surface area contributed by atoms with E-state index in [-0.39, 0.29) is 29.6 Å². The Balaban J connectivity index is 1.79. The van der Waals surface area contributed by atoms with E-state index >= 15 is 0 Å². The van der Waals surface area contributed by atoms with E-state index in [2.05, 4.69) is 20.9 Å². The molecular weight excluding hydrogens is 416 g/mol. The molecule has 1 N–H and O–H groups in total. The first-order valence-electron chi connectivity index (χ1n) is 7.61. The first-order chi connectivity index (χ1) is 11.5. The van der Waals surface area contributed by atoms with Crippen molar-refractivity contribution in [1.82, 2.24) is 9.55 Å². The zero-order valence-electron chi connectivity index (χ0n) is 12.7. The molecule has 3 rings (SSSR count). The highest BCUT2D eigenvalue weighted by Crippen LogP contribution is 2.28. The summed E-state index contributed by atoms with van der Waals surface area (Å²) in [5.74, 6) is 0.875. The van der Waals surface area contributed by atoms with Gasteiger partial charge < -0.3 is 5.11 Å². The van der Waals surface area contributed by atoms with Crippen LogP contribution in [-0.2, 0) is 11.3 Å². The van der Waals surface area contributed by atoms with Gasteiger partial charge in [0.25, 0.3) is 5.56 Å². The number of Topliss-reactive ketones (excluding diaryl/α,β-unsaturated/α-hetero) is 1. The SMILES string of the molecule is O=C(C[C@H]1SCCC[C@@H]1O)Cn1cnc2cc(Br)c(Cl)cc2c1=O. The third-order valence-corrected chi connectivity index (χ3v) is 6.68. The summed E-state index contributed by atoms with van der Waals surface area (Å²) in [6, 6.07) is 3.23. The van der Waals surface area contributed by atoms with Crippen LogP contribution in [0.15, 0.2) is 27.7 Å². The van der Waals surface area contributed by atoms with Crippen LogP contribution in [0.3, 0.4) is 0 Å². The molecule has 8 heteroatoms. The average Bonchev–Trinajstić information content (AvgIpc) is 2.54. The van der Waals surface area contributed by atoms with Gasteiger partial charge in [0.1, 0.15) is 0 Å². The number of aromatic nitrogens is 2. The number of hydrogen-bond acceptors (Lipinski definition) is 5. The van der Waals surface area contributed by atoms with Gasteiger partial charge in [0.15, 0.2) is 5.78 Å². The molecule has 1 aromatic carbocycles.